The Bertz CT molecular complexity index is 990. The van der Waals surface area contributed by atoms with Gasteiger partial charge in [0.05, 0.1) is 34.5 Å². The molecule has 0 N–H and O–H groups in total. The van der Waals surface area contributed by atoms with Crippen LogP contribution < -0.4 is 47.8 Å². The van der Waals surface area contributed by atoms with Crippen molar-refractivity contribution in [1.29, 1.82) is 0 Å². The molecule has 3 atom stereocenters. The Morgan fingerprint density at radius 3 is 1.73 bits per heavy atom. The first-order chi connectivity index (χ1) is 18.9. The molecule has 0 radical (unpaired) electrons. The van der Waals surface area contributed by atoms with E-state index in [0.717, 1.165) is 30.3 Å². The second kappa shape index (κ2) is 20.1. The summed E-state index contributed by atoms with van der Waals surface area (Å²) in [5, 5.41) is 0.843. The molecule has 6 nitrogen and oxygen atoms in total. The third kappa shape index (κ3) is 11.2. The van der Waals surface area contributed by atoms with E-state index in [2.05, 4.69) is 27.7 Å². The van der Waals surface area contributed by atoms with Crippen molar-refractivity contribution in [2.75, 3.05) is 34.5 Å². The van der Waals surface area contributed by atoms with E-state index in [1.165, 1.54) is 32.1 Å². The number of unbranched alkanes of at least 4 members (excludes halogenated alkanes) is 2. The largest absolute Gasteiger partial charge is 1.00 e. The number of rotatable bonds is 20. The van der Waals surface area contributed by atoms with Crippen molar-refractivity contribution in [3.05, 3.63) is 35.9 Å². The van der Waals surface area contributed by atoms with E-state index in [0.29, 0.717) is 53.6 Å². The summed E-state index contributed by atoms with van der Waals surface area (Å²) in [4.78, 5) is 13.6. The molecule has 0 aromatic heterocycles. The van der Waals surface area contributed by atoms with Crippen LogP contribution in [-0.4, -0.2) is 40.1 Å². The number of carbonyl (C=O) groups excluding carboxylic acids is 1. The SMILES string of the molecule is CCCCC(CC)COc1ccc(PC(=O)c2c(OC)cc(OC)cc2OC)c(OCC(CC)CCCC)c1.[Li+]. The summed E-state index contributed by atoms with van der Waals surface area (Å²) in [6, 6.07) is 9.28. The monoisotopic (exact) mass is 567 g/mol. The van der Waals surface area contributed by atoms with Crippen LogP contribution in [0.4, 0.5) is 0 Å². The maximum atomic E-state index is 13.6. The van der Waals surface area contributed by atoms with E-state index in [1.54, 1.807) is 33.5 Å². The molecule has 0 amide bonds. The molecule has 40 heavy (non-hydrogen) atoms. The number of methoxy groups -OCH3 is 3. The van der Waals surface area contributed by atoms with Crippen molar-refractivity contribution in [3.8, 4) is 28.7 Å². The molecule has 218 valence electrons. The summed E-state index contributed by atoms with van der Waals surface area (Å²) in [6.45, 7) is 10.2. The predicted molar refractivity (Wildman–Crippen MR) is 162 cm³/mol. The number of carbonyl (C=O) groups is 1. The van der Waals surface area contributed by atoms with Gasteiger partial charge in [0.25, 0.3) is 0 Å². The van der Waals surface area contributed by atoms with Gasteiger partial charge >= 0.3 is 18.9 Å². The quantitative estimate of drug-likeness (QED) is 0.165. The summed E-state index contributed by atoms with van der Waals surface area (Å²) >= 11 is 0. The summed E-state index contributed by atoms with van der Waals surface area (Å²) < 4.78 is 29.0. The molecule has 8 heteroatoms. The molecule has 2 aromatic carbocycles. The van der Waals surface area contributed by atoms with Crippen molar-refractivity contribution >= 4 is 19.4 Å². The first kappa shape index (κ1) is 36.2. The maximum absolute atomic E-state index is 13.6. The Morgan fingerprint density at radius 2 is 1.25 bits per heavy atom. The number of benzene rings is 2. The van der Waals surface area contributed by atoms with Crippen molar-refractivity contribution in [1.82, 2.24) is 0 Å². The molecule has 3 unspecified atom stereocenters. The van der Waals surface area contributed by atoms with Crippen LogP contribution in [0.2, 0.25) is 0 Å². The van der Waals surface area contributed by atoms with E-state index < -0.39 is 0 Å². The fourth-order valence-electron chi connectivity index (χ4n) is 4.45. The molecule has 0 fully saturated rings. The molecule has 0 heterocycles. The number of hydrogen-bond donors (Lipinski definition) is 0. The third-order valence-corrected chi connectivity index (χ3v) is 8.35. The fourth-order valence-corrected chi connectivity index (χ4v) is 5.50. The topological polar surface area (TPSA) is 63.2 Å². The van der Waals surface area contributed by atoms with Crippen LogP contribution in [0.5, 0.6) is 28.7 Å². The standard InChI is InChI=1S/C32H49O6P.Li/c1-8-12-14-23(10-3)21-37-25-16-17-30(27(18-25)38-22-24(11-4)15-13-9-2)39-32(33)31-28(35-6)19-26(34-5)20-29(31)36-7;/h16-20,23-24,39H,8-15,21-22H2,1-7H3;/q;+1. The average molecular weight is 568 g/mol. The smallest absolute Gasteiger partial charge is 0.496 e. The zero-order chi connectivity index (χ0) is 28.6. The number of hydrogen-bond acceptors (Lipinski definition) is 6. The van der Waals surface area contributed by atoms with Crippen LogP contribution in [0.3, 0.4) is 0 Å². The van der Waals surface area contributed by atoms with E-state index in [9.17, 15) is 4.79 Å². The molecule has 0 saturated heterocycles. The van der Waals surface area contributed by atoms with Crippen molar-refractivity contribution < 1.29 is 47.3 Å². The molecule has 0 spiro atoms. The van der Waals surface area contributed by atoms with Gasteiger partial charge in [0, 0.05) is 23.5 Å². The molecule has 2 rings (SSSR count). The van der Waals surface area contributed by atoms with Gasteiger partial charge in [-0.05, 0) is 45.4 Å². The van der Waals surface area contributed by atoms with Crippen molar-refractivity contribution in [3.63, 3.8) is 0 Å². The van der Waals surface area contributed by atoms with Crippen LogP contribution in [-0.2, 0) is 0 Å². The van der Waals surface area contributed by atoms with Gasteiger partial charge in [0.2, 0.25) is 0 Å². The molecule has 0 bridgehead atoms. The third-order valence-electron chi connectivity index (χ3n) is 7.19. The van der Waals surface area contributed by atoms with Crippen LogP contribution >= 0.6 is 8.58 Å². The molecular formula is C32H49LiO6P+. The van der Waals surface area contributed by atoms with Crippen LogP contribution in [0.25, 0.3) is 0 Å². The Labute approximate surface area is 256 Å². The Morgan fingerprint density at radius 1 is 0.725 bits per heavy atom. The van der Waals surface area contributed by atoms with E-state index in [-0.39, 0.29) is 33.0 Å². The minimum Gasteiger partial charge on any atom is -0.496 e. The van der Waals surface area contributed by atoms with Crippen LogP contribution in [0.15, 0.2) is 30.3 Å². The average Bonchev–Trinajstić information content (AvgIpc) is 2.97. The van der Waals surface area contributed by atoms with Crippen molar-refractivity contribution in [2.24, 2.45) is 11.8 Å². The normalized spacial score (nSPS) is 12.5. The number of ether oxygens (including phenoxy) is 5. The van der Waals surface area contributed by atoms with Gasteiger partial charge in [0.1, 0.15) is 34.3 Å². The van der Waals surface area contributed by atoms with E-state index in [1.807, 2.05) is 18.2 Å². The molecule has 0 aliphatic rings. The van der Waals surface area contributed by atoms with Gasteiger partial charge in [-0.15, -0.1) is 0 Å². The Balaban J connectivity index is 0.00000800. The Hall–Kier alpha value is -1.86. The molecule has 2 aromatic rings. The molecule has 0 aliphatic heterocycles. The van der Waals surface area contributed by atoms with Gasteiger partial charge in [-0.2, -0.15) is 0 Å². The van der Waals surface area contributed by atoms with E-state index in [4.69, 9.17) is 23.7 Å². The van der Waals surface area contributed by atoms with Gasteiger partial charge < -0.3 is 23.7 Å². The van der Waals surface area contributed by atoms with Crippen LogP contribution in [0, 0.1) is 11.8 Å². The minimum atomic E-state index is -0.171. The zero-order valence-electron chi connectivity index (χ0n) is 26.1. The minimum absolute atomic E-state index is 0. The van der Waals surface area contributed by atoms with Gasteiger partial charge in [-0.3, -0.25) is 4.79 Å². The molecule has 0 aliphatic carbocycles. The maximum Gasteiger partial charge on any atom is 1.00 e. The van der Waals surface area contributed by atoms with Gasteiger partial charge in [-0.1, -0.05) is 66.2 Å². The summed E-state index contributed by atoms with van der Waals surface area (Å²) in [7, 11) is 4.48. The van der Waals surface area contributed by atoms with Gasteiger partial charge in [0.15, 0.2) is 5.52 Å². The first-order valence-electron chi connectivity index (χ1n) is 14.4. The predicted octanol–water partition coefficient (Wildman–Crippen LogP) is 5.05. The fraction of sp³-hybridized carbons (Fsp3) is 0.594. The Kier molecular flexibility index (Phi) is 18.2. The zero-order valence-corrected chi connectivity index (χ0v) is 27.1. The summed E-state index contributed by atoms with van der Waals surface area (Å²) in [6.07, 6.45) is 9.22. The second-order valence-corrected chi connectivity index (χ2v) is 11.2. The first-order valence-corrected chi connectivity index (χ1v) is 15.4. The van der Waals surface area contributed by atoms with E-state index >= 15 is 0 Å². The second-order valence-electron chi connectivity index (χ2n) is 9.97. The molecule has 0 saturated carbocycles. The summed E-state index contributed by atoms with van der Waals surface area (Å²) in [5.74, 6) is 3.91. The van der Waals surface area contributed by atoms with Crippen LogP contribution in [0.1, 0.15) is 89.4 Å². The van der Waals surface area contributed by atoms with Gasteiger partial charge in [-0.25, -0.2) is 0 Å². The van der Waals surface area contributed by atoms with Crippen molar-refractivity contribution in [2.45, 2.75) is 79.1 Å². The summed E-state index contributed by atoms with van der Waals surface area (Å²) in [5.41, 5.74) is 0.315. The molecular weight excluding hydrogens is 518 g/mol.